The first kappa shape index (κ1) is 12.7. The third-order valence-corrected chi connectivity index (χ3v) is 5.38. The fraction of sp³-hybridized carbons (Fsp3) is 0. The van der Waals surface area contributed by atoms with Crippen LogP contribution in [-0.2, 0) is 0 Å². The number of nitrogens with two attached hydrogens (primary N) is 1. The second kappa shape index (κ2) is 4.88. The molecule has 0 aliphatic carbocycles. The molecule has 0 atom stereocenters. The maximum absolute atomic E-state index is 13.0. The molecule has 0 bridgehead atoms. The Labute approximate surface area is 118 Å². The van der Waals surface area contributed by atoms with Crippen LogP contribution in [0.3, 0.4) is 0 Å². The van der Waals surface area contributed by atoms with Crippen LogP contribution in [0, 0.1) is 5.82 Å². The molecule has 0 fully saturated rings. The number of carbonyl (C=O) groups is 1. The normalized spacial score (nSPS) is 10.5. The van der Waals surface area contributed by atoms with E-state index in [4.69, 9.17) is 5.73 Å². The van der Waals surface area contributed by atoms with E-state index in [9.17, 15) is 9.18 Å². The number of nitrogen functional groups attached to an aromatic ring is 1. The summed E-state index contributed by atoms with van der Waals surface area (Å²) in [5.74, 6) is -0.691. The molecule has 1 heterocycles. The topological polar surface area (TPSA) is 43.1 Å². The number of thiophene rings is 1. The molecular weight excluding hydrogens is 373 g/mol. The van der Waals surface area contributed by atoms with Gasteiger partial charge in [0, 0.05) is 10.0 Å². The van der Waals surface area contributed by atoms with E-state index >= 15 is 0 Å². The molecule has 1 aromatic carbocycles. The lowest BCUT2D eigenvalue weighted by atomic mass is 10.1. The van der Waals surface area contributed by atoms with Crippen LogP contribution < -0.4 is 5.73 Å². The van der Waals surface area contributed by atoms with Crippen LogP contribution >= 0.6 is 43.2 Å². The van der Waals surface area contributed by atoms with Gasteiger partial charge in [0.05, 0.1) is 14.4 Å². The summed E-state index contributed by atoms with van der Waals surface area (Å²) in [4.78, 5) is 12.6. The van der Waals surface area contributed by atoms with Crippen LogP contribution in [0.25, 0.3) is 0 Å². The molecule has 0 unspecified atom stereocenters. The number of ketones is 1. The second-order valence-corrected chi connectivity index (χ2v) is 6.52. The number of benzene rings is 1. The second-order valence-electron chi connectivity index (χ2n) is 3.30. The molecule has 2 nitrogen and oxygen atoms in total. The molecule has 0 saturated heterocycles. The number of anilines is 1. The van der Waals surface area contributed by atoms with Gasteiger partial charge in [-0.15, -0.1) is 11.3 Å². The summed E-state index contributed by atoms with van der Waals surface area (Å²) in [5.41, 5.74) is 5.79. The average molecular weight is 379 g/mol. The fourth-order valence-electron chi connectivity index (χ4n) is 1.29. The lowest BCUT2D eigenvalue weighted by molar-refractivity contribution is 0.104. The Balaban J connectivity index is 2.40. The van der Waals surface area contributed by atoms with Crippen LogP contribution in [0.4, 0.5) is 10.1 Å². The van der Waals surface area contributed by atoms with Crippen molar-refractivity contribution < 1.29 is 9.18 Å². The van der Waals surface area contributed by atoms with E-state index in [0.717, 1.165) is 8.26 Å². The Kier molecular flexibility index (Phi) is 3.65. The number of halogens is 3. The van der Waals surface area contributed by atoms with Crippen LogP contribution in [0.5, 0.6) is 0 Å². The molecule has 2 rings (SSSR count). The van der Waals surface area contributed by atoms with Crippen molar-refractivity contribution in [2.45, 2.75) is 0 Å². The Morgan fingerprint density at radius 1 is 1.29 bits per heavy atom. The highest BCUT2D eigenvalue weighted by molar-refractivity contribution is 9.13. The van der Waals surface area contributed by atoms with Crippen molar-refractivity contribution in [3.8, 4) is 0 Å². The third-order valence-electron chi connectivity index (χ3n) is 2.13. The standard InChI is InChI=1S/C11H6Br2FNOS/c12-6-4-9(17-11(6)13)10(16)5-1-2-7(14)8(15)3-5/h1-4H,15H2. The molecule has 0 saturated carbocycles. The molecule has 0 amide bonds. The first-order chi connectivity index (χ1) is 7.99. The predicted molar refractivity (Wildman–Crippen MR) is 74.0 cm³/mol. The zero-order valence-electron chi connectivity index (χ0n) is 8.34. The smallest absolute Gasteiger partial charge is 0.203 e. The van der Waals surface area contributed by atoms with E-state index in [2.05, 4.69) is 31.9 Å². The number of hydrogen-bond donors (Lipinski definition) is 1. The van der Waals surface area contributed by atoms with Gasteiger partial charge in [0.25, 0.3) is 0 Å². The molecule has 2 aromatic rings. The molecule has 0 aliphatic rings. The van der Waals surface area contributed by atoms with Crippen molar-refractivity contribution in [3.05, 3.63) is 48.8 Å². The highest BCUT2D eigenvalue weighted by Gasteiger charge is 2.15. The van der Waals surface area contributed by atoms with Crippen LogP contribution in [0.1, 0.15) is 15.2 Å². The van der Waals surface area contributed by atoms with E-state index in [1.807, 2.05) is 0 Å². The maximum Gasteiger partial charge on any atom is 0.203 e. The van der Waals surface area contributed by atoms with Gasteiger partial charge in [0.15, 0.2) is 0 Å². The summed E-state index contributed by atoms with van der Waals surface area (Å²) < 4.78 is 14.6. The Morgan fingerprint density at radius 3 is 2.53 bits per heavy atom. The molecule has 0 radical (unpaired) electrons. The molecule has 17 heavy (non-hydrogen) atoms. The lowest BCUT2D eigenvalue weighted by Crippen LogP contribution is -2.01. The van der Waals surface area contributed by atoms with Crippen LogP contribution in [-0.4, -0.2) is 5.78 Å². The van der Waals surface area contributed by atoms with Crippen molar-refractivity contribution in [1.82, 2.24) is 0 Å². The summed E-state index contributed by atoms with van der Waals surface area (Å²) >= 11 is 7.94. The monoisotopic (exact) mass is 377 g/mol. The van der Waals surface area contributed by atoms with Gasteiger partial charge in [-0.2, -0.15) is 0 Å². The largest absolute Gasteiger partial charge is 0.396 e. The Morgan fingerprint density at radius 2 is 2.00 bits per heavy atom. The van der Waals surface area contributed by atoms with Gasteiger partial charge in [0.1, 0.15) is 5.82 Å². The maximum atomic E-state index is 13.0. The van der Waals surface area contributed by atoms with Gasteiger partial charge < -0.3 is 5.73 Å². The summed E-state index contributed by atoms with van der Waals surface area (Å²) in [6.45, 7) is 0. The molecule has 2 N–H and O–H groups in total. The molecule has 6 heteroatoms. The molecule has 0 spiro atoms. The van der Waals surface area contributed by atoms with Crippen molar-refractivity contribution in [1.29, 1.82) is 0 Å². The van der Waals surface area contributed by atoms with E-state index < -0.39 is 5.82 Å². The summed E-state index contributed by atoms with van der Waals surface area (Å²) in [7, 11) is 0. The molecule has 1 aromatic heterocycles. The summed E-state index contributed by atoms with van der Waals surface area (Å²) in [6, 6.07) is 5.69. The van der Waals surface area contributed by atoms with Gasteiger partial charge in [-0.05, 0) is 56.1 Å². The van der Waals surface area contributed by atoms with E-state index in [1.165, 1.54) is 29.5 Å². The van der Waals surface area contributed by atoms with Crippen molar-refractivity contribution in [3.63, 3.8) is 0 Å². The minimum atomic E-state index is -0.518. The average Bonchev–Trinajstić information content (AvgIpc) is 2.62. The zero-order chi connectivity index (χ0) is 12.6. The van der Waals surface area contributed by atoms with Gasteiger partial charge in [-0.25, -0.2) is 4.39 Å². The van der Waals surface area contributed by atoms with Crippen LogP contribution in [0.2, 0.25) is 0 Å². The zero-order valence-corrected chi connectivity index (χ0v) is 12.3. The first-order valence-electron chi connectivity index (χ1n) is 4.53. The highest BCUT2D eigenvalue weighted by Crippen LogP contribution is 2.33. The minimum absolute atomic E-state index is 0.0227. The predicted octanol–water partition coefficient (Wildman–Crippen LogP) is 4.23. The van der Waals surface area contributed by atoms with E-state index in [0.29, 0.717) is 10.4 Å². The van der Waals surface area contributed by atoms with Crippen molar-refractivity contribution in [2.24, 2.45) is 0 Å². The number of rotatable bonds is 2. The van der Waals surface area contributed by atoms with Gasteiger partial charge >= 0.3 is 0 Å². The van der Waals surface area contributed by atoms with Crippen molar-refractivity contribution in [2.75, 3.05) is 5.73 Å². The Hall–Kier alpha value is -0.720. The molecule has 88 valence electrons. The lowest BCUT2D eigenvalue weighted by Gasteiger charge is -2.00. The Bertz CT molecular complexity index is 578. The van der Waals surface area contributed by atoms with E-state index in [1.54, 1.807) is 6.07 Å². The number of carbonyl (C=O) groups excluding carboxylic acids is 1. The third kappa shape index (κ3) is 2.59. The minimum Gasteiger partial charge on any atom is -0.396 e. The first-order valence-corrected chi connectivity index (χ1v) is 6.94. The number of hydrogen-bond acceptors (Lipinski definition) is 3. The van der Waals surface area contributed by atoms with E-state index in [-0.39, 0.29) is 11.5 Å². The van der Waals surface area contributed by atoms with Gasteiger partial charge in [0.2, 0.25) is 5.78 Å². The summed E-state index contributed by atoms with van der Waals surface area (Å²) in [5, 5.41) is 0. The quantitative estimate of drug-likeness (QED) is 0.627. The SMILES string of the molecule is Nc1cc(C(=O)c2cc(Br)c(Br)s2)ccc1F. The van der Waals surface area contributed by atoms with Crippen molar-refractivity contribution >= 4 is 54.7 Å². The highest BCUT2D eigenvalue weighted by atomic mass is 79.9. The summed E-state index contributed by atoms with van der Waals surface area (Å²) in [6.07, 6.45) is 0. The molecule has 0 aliphatic heterocycles. The fourth-order valence-corrected chi connectivity index (χ4v) is 3.28. The van der Waals surface area contributed by atoms with Gasteiger partial charge in [-0.3, -0.25) is 4.79 Å². The van der Waals surface area contributed by atoms with Gasteiger partial charge in [-0.1, -0.05) is 0 Å². The molecular formula is C11H6Br2FNOS. The van der Waals surface area contributed by atoms with Crippen LogP contribution in [0.15, 0.2) is 32.5 Å².